The number of nitrogens with zero attached hydrogens (tertiary/aromatic N) is 2. The molecule has 24 heavy (non-hydrogen) atoms. The smallest absolute Gasteiger partial charge is 0.119 e. The largest absolute Gasteiger partial charge is 0.497 e. The van der Waals surface area contributed by atoms with E-state index in [1.807, 2.05) is 42.5 Å². The van der Waals surface area contributed by atoms with Gasteiger partial charge >= 0.3 is 0 Å². The van der Waals surface area contributed by atoms with Crippen molar-refractivity contribution in [3.05, 3.63) is 54.4 Å². The number of hydrogen-bond donors (Lipinski definition) is 1. The van der Waals surface area contributed by atoms with Crippen molar-refractivity contribution in [1.82, 2.24) is 9.55 Å². The van der Waals surface area contributed by atoms with Crippen LogP contribution < -0.4 is 15.2 Å². The van der Waals surface area contributed by atoms with Gasteiger partial charge in [0.25, 0.3) is 0 Å². The third-order valence-electron chi connectivity index (χ3n) is 3.98. The van der Waals surface area contributed by atoms with Crippen molar-refractivity contribution < 1.29 is 9.47 Å². The van der Waals surface area contributed by atoms with Crippen LogP contribution in [0, 0.1) is 0 Å². The van der Waals surface area contributed by atoms with Gasteiger partial charge in [0.05, 0.1) is 24.7 Å². The quantitative estimate of drug-likeness (QED) is 0.691. The first kappa shape index (κ1) is 16.3. The number of para-hydroxylation sites is 2. The number of fused-ring (bicyclic) bond motifs is 1. The molecule has 126 valence electrons. The number of ether oxygens (including phenoxy) is 2. The monoisotopic (exact) mass is 325 g/mol. The van der Waals surface area contributed by atoms with Crippen molar-refractivity contribution in [2.45, 2.75) is 19.4 Å². The van der Waals surface area contributed by atoms with Gasteiger partial charge in [0, 0.05) is 6.42 Å². The van der Waals surface area contributed by atoms with Crippen LogP contribution in [0.3, 0.4) is 0 Å². The highest BCUT2D eigenvalue weighted by atomic mass is 16.5. The van der Waals surface area contributed by atoms with Gasteiger partial charge in [-0.15, -0.1) is 0 Å². The molecule has 0 radical (unpaired) electrons. The van der Waals surface area contributed by atoms with Crippen LogP contribution in [-0.4, -0.2) is 29.8 Å². The second-order valence-corrected chi connectivity index (χ2v) is 5.58. The van der Waals surface area contributed by atoms with Crippen molar-refractivity contribution in [3.8, 4) is 11.5 Å². The maximum absolute atomic E-state index is 5.86. The molecule has 0 amide bonds. The van der Waals surface area contributed by atoms with E-state index in [4.69, 9.17) is 20.2 Å². The minimum absolute atomic E-state index is 0.586. The van der Waals surface area contributed by atoms with Crippen LogP contribution in [0.5, 0.6) is 11.5 Å². The van der Waals surface area contributed by atoms with Gasteiger partial charge in [-0.05, 0) is 49.4 Å². The summed E-state index contributed by atoms with van der Waals surface area (Å²) in [6, 6.07) is 15.8. The lowest BCUT2D eigenvalue weighted by Gasteiger charge is -2.11. The molecule has 3 rings (SSSR count). The molecule has 3 aromatic rings. The summed E-state index contributed by atoms with van der Waals surface area (Å²) in [6.07, 6.45) is 1.82. The lowest BCUT2D eigenvalue weighted by Crippen LogP contribution is -2.12. The molecule has 0 bridgehead atoms. The molecule has 1 heterocycles. The van der Waals surface area contributed by atoms with Gasteiger partial charge in [-0.1, -0.05) is 12.1 Å². The molecular formula is C19H23N3O2. The number of nitrogens with two attached hydrogens (primary N) is 1. The second-order valence-electron chi connectivity index (χ2n) is 5.58. The molecule has 0 saturated carbocycles. The van der Waals surface area contributed by atoms with Gasteiger partial charge in [-0.25, -0.2) is 4.98 Å². The summed E-state index contributed by atoms with van der Waals surface area (Å²) < 4.78 is 13.2. The van der Waals surface area contributed by atoms with E-state index in [1.165, 1.54) is 0 Å². The van der Waals surface area contributed by atoms with Gasteiger partial charge in [-0.3, -0.25) is 0 Å². The third-order valence-corrected chi connectivity index (χ3v) is 3.98. The average molecular weight is 325 g/mol. The topological polar surface area (TPSA) is 62.3 Å². The molecule has 0 aliphatic rings. The van der Waals surface area contributed by atoms with Crippen LogP contribution in [-0.2, 0) is 13.0 Å². The molecule has 0 spiro atoms. The van der Waals surface area contributed by atoms with Crippen molar-refractivity contribution >= 4 is 11.0 Å². The van der Waals surface area contributed by atoms with Crippen molar-refractivity contribution in [2.75, 3.05) is 20.3 Å². The maximum Gasteiger partial charge on any atom is 0.119 e. The fourth-order valence-corrected chi connectivity index (χ4v) is 2.75. The Morgan fingerprint density at radius 1 is 1.04 bits per heavy atom. The highest BCUT2D eigenvalue weighted by Gasteiger charge is 2.10. The third kappa shape index (κ3) is 3.68. The van der Waals surface area contributed by atoms with Crippen LogP contribution in [0.1, 0.15) is 12.2 Å². The Kier molecular flexibility index (Phi) is 5.33. The van der Waals surface area contributed by atoms with Crippen molar-refractivity contribution in [2.24, 2.45) is 5.73 Å². The van der Waals surface area contributed by atoms with Gasteiger partial charge < -0.3 is 19.8 Å². The van der Waals surface area contributed by atoms with E-state index >= 15 is 0 Å². The maximum atomic E-state index is 5.86. The van der Waals surface area contributed by atoms with Crippen molar-refractivity contribution in [3.63, 3.8) is 0 Å². The van der Waals surface area contributed by atoms with Crippen LogP contribution in [0.25, 0.3) is 11.0 Å². The number of hydrogen-bond acceptors (Lipinski definition) is 4. The Labute approximate surface area is 142 Å². The summed E-state index contributed by atoms with van der Waals surface area (Å²) in [7, 11) is 1.66. The van der Waals surface area contributed by atoms with Gasteiger partial charge in [0.2, 0.25) is 0 Å². The van der Waals surface area contributed by atoms with Crippen LogP contribution in [0.15, 0.2) is 48.5 Å². The van der Waals surface area contributed by atoms with E-state index in [0.717, 1.165) is 47.7 Å². The molecule has 5 nitrogen and oxygen atoms in total. The first-order valence-electron chi connectivity index (χ1n) is 8.23. The molecule has 0 aliphatic carbocycles. The van der Waals surface area contributed by atoms with Crippen LogP contribution in [0.2, 0.25) is 0 Å². The molecule has 0 unspecified atom stereocenters. The summed E-state index contributed by atoms with van der Waals surface area (Å²) in [5.41, 5.74) is 7.81. The first-order valence-corrected chi connectivity index (χ1v) is 8.23. The summed E-state index contributed by atoms with van der Waals surface area (Å²) in [5.74, 6) is 2.73. The predicted octanol–water partition coefficient (Wildman–Crippen LogP) is 3.02. The zero-order valence-electron chi connectivity index (χ0n) is 13.9. The van der Waals surface area contributed by atoms with E-state index in [2.05, 4.69) is 10.6 Å². The standard InChI is InChI=1S/C19H23N3O2/c1-23-15-8-10-16(11-9-15)24-14-13-22-18-6-3-2-5-17(18)21-19(22)7-4-12-20/h2-3,5-6,8-11H,4,7,12-14,20H2,1H3. The van der Waals surface area contributed by atoms with Crippen LogP contribution in [0.4, 0.5) is 0 Å². The zero-order valence-corrected chi connectivity index (χ0v) is 13.9. The minimum Gasteiger partial charge on any atom is -0.497 e. The van der Waals surface area contributed by atoms with Gasteiger partial charge in [0.15, 0.2) is 0 Å². The van der Waals surface area contributed by atoms with Gasteiger partial charge in [0.1, 0.15) is 23.9 Å². The molecule has 5 heteroatoms. The summed E-state index contributed by atoms with van der Waals surface area (Å²) in [6.45, 7) is 2.01. The second kappa shape index (κ2) is 7.84. The Bertz CT molecular complexity index is 781. The fraction of sp³-hybridized carbons (Fsp3) is 0.316. The number of rotatable bonds is 8. The number of methoxy groups -OCH3 is 1. The normalized spacial score (nSPS) is 10.9. The van der Waals surface area contributed by atoms with E-state index < -0.39 is 0 Å². The number of benzene rings is 2. The van der Waals surface area contributed by atoms with E-state index in [9.17, 15) is 0 Å². The summed E-state index contributed by atoms with van der Waals surface area (Å²) >= 11 is 0. The summed E-state index contributed by atoms with van der Waals surface area (Å²) in [4.78, 5) is 4.73. The number of aryl methyl sites for hydroxylation is 1. The highest BCUT2D eigenvalue weighted by molar-refractivity contribution is 5.75. The van der Waals surface area contributed by atoms with E-state index in [-0.39, 0.29) is 0 Å². The highest BCUT2D eigenvalue weighted by Crippen LogP contribution is 2.19. The molecule has 2 aromatic carbocycles. The Morgan fingerprint density at radius 3 is 2.54 bits per heavy atom. The van der Waals surface area contributed by atoms with Crippen LogP contribution >= 0.6 is 0 Å². The minimum atomic E-state index is 0.586. The zero-order chi connectivity index (χ0) is 16.8. The predicted molar refractivity (Wildman–Crippen MR) is 95.6 cm³/mol. The molecule has 0 saturated heterocycles. The lowest BCUT2D eigenvalue weighted by molar-refractivity contribution is 0.297. The first-order chi connectivity index (χ1) is 11.8. The van der Waals surface area contributed by atoms with E-state index in [0.29, 0.717) is 13.2 Å². The molecule has 0 aliphatic heterocycles. The average Bonchev–Trinajstić information content (AvgIpc) is 2.98. The molecule has 0 fully saturated rings. The van der Waals surface area contributed by atoms with Gasteiger partial charge in [-0.2, -0.15) is 0 Å². The fourth-order valence-electron chi connectivity index (χ4n) is 2.75. The lowest BCUT2D eigenvalue weighted by atomic mass is 10.3. The Balaban J connectivity index is 1.70. The Morgan fingerprint density at radius 2 is 1.79 bits per heavy atom. The molecule has 0 atom stereocenters. The Hall–Kier alpha value is -2.53. The molecular weight excluding hydrogens is 302 g/mol. The van der Waals surface area contributed by atoms with E-state index in [1.54, 1.807) is 7.11 Å². The molecule has 2 N–H and O–H groups in total. The summed E-state index contributed by atoms with van der Waals surface area (Å²) in [5, 5.41) is 0. The number of aromatic nitrogens is 2. The van der Waals surface area contributed by atoms with Crippen molar-refractivity contribution in [1.29, 1.82) is 0 Å². The number of imidazole rings is 1. The SMILES string of the molecule is COc1ccc(OCCn2c(CCCN)nc3ccccc32)cc1. The molecule has 1 aromatic heterocycles.